The Morgan fingerprint density at radius 2 is 1.94 bits per heavy atom. The van der Waals surface area contributed by atoms with E-state index >= 15 is 0 Å². The summed E-state index contributed by atoms with van der Waals surface area (Å²) in [7, 11) is 0. The van der Waals surface area contributed by atoms with Crippen LogP contribution in [0.2, 0.25) is 0 Å². The monoisotopic (exact) mass is 217 g/mol. The van der Waals surface area contributed by atoms with E-state index in [2.05, 4.69) is 32.0 Å². The van der Waals surface area contributed by atoms with E-state index < -0.39 is 0 Å². The fourth-order valence-electron chi connectivity index (χ4n) is 1.42. The van der Waals surface area contributed by atoms with Crippen molar-refractivity contribution in [2.24, 2.45) is 5.41 Å². The molecule has 2 nitrogen and oxygen atoms in total. The van der Waals surface area contributed by atoms with E-state index in [0.29, 0.717) is 19.6 Å². The summed E-state index contributed by atoms with van der Waals surface area (Å²) in [6, 6.07) is 12.3. The average Bonchev–Trinajstić information content (AvgIpc) is 2.26. The lowest BCUT2D eigenvalue weighted by Crippen LogP contribution is -2.13. The number of nitriles is 1. The summed E-state index contributed by atoms with van der Waals surface area (Å²) < 4.78 is 5.59. The second kappa shape index (κ2) is 6.30. The van der Waals surface area contributed by atoms with Gasteiger partial charge in [0.1, 0.15) is 0 Å². The lowest BCUT2D eigenvalue weighted by molar-refractivity contribution is 0.0931. The fourth-order valence-corrected chi connectivity index (χ4v) is 1.42. The van der Waals surface area contributed by atoms with Crippen molar-refractivity contribution in [3.63, 3.8) is 0 Å². The van der Waals surface area contributed by atoms with Gasteiger partial charge in [0.05, 0.1) is 12.7 Å². The van der Waals surface area contributed by atoms with E-state index in [0.717, 1.165) is 6.42 Å². The van der Waals surface area contributed by atoms with Crippen LogP contribution in [0.15, 0.2) is 30.3 Å². The van der Waals surface area contributed by atoms with Gasteiger partial charge in [0.15, 0.2) is 0 Å². The van der Waals surface area contributed by atoms with Crippen molar-refractivity contribution in [3.05, 3.63) is 35.9 Å². The molecule has 0 aromatic heterocycles. The summed E-state index contributed by atoms with van der Waals surface area (Å²) in [5.41, 5.74) is 1.26. The number of ether oxygens (including phenoxy) is 1. The Labute approximate surface area is 97.9 Å². The van der Waals surface area contributed by atoms with E-state index in [1.165, 1.54) is 5.56 Å². The molecule has 0 heterocycles. The first-order valence-corrected chi connectivity index (χ1v) is 5.63. The van der Waals surface area contributed by atoms with Gasteiger partial charge in [-0.05, 0) is 17.4 Å². The third-order valence-electron chi connectivity index (χ3n) is 2.59. The first kappa shape index (κ1) is 12.7. The third kappa shape index (κ3) is 4.95. The molecule has 0 unspecified atom stereocenters. The third-order valence-corrected chi connectivity index (χ3v) is 2.59. The molecule has 1 rings (SSSR count). The van der Waals surface area contributed by atoms with Crippen molar-refractivity contribution in [3.8, 4) is 6.07 Å². The molecule has 2 heteroatoms. The molecule has 0 atom stereocenters. The molecule has 0 N–H and O–H groups in total. The summed E-state index contributed by atoms with van der Waals surface area (Å²) in [6.07, 6.45) is 1.51. The molecule has 86 valence electrons. The minimum Gasteiger partial charge on any atom is -0.377 e. The standard InChI is InChI=1S/C14H19NO/c1-14(2,8-10-15)9-11-16-12-13-6-4-3-5-7-13/h3-7H,8-9,11-12H2,1-2H3. The molecule has 0 aliphatic rings. The van der Waals surface area contributed by atoms with Crippen LogP contribution < -0.4 is 0 Å². The summed E-state index contributed by atoms with van der Waals surface area (Å²) in [5.74, 6) is 0. The Kier molecular flexibility index (Phi) is 5.01. The Bertz CT molecular complexity index is 338. The summed E-state index contributed by atoms with van der Waals surface area (Å²) >= 11 is 0. The van der Waals surface area contributed by atoms with Crippen molar-refractivity contribution >= 4 is 0 Å². The predicted octanol–water partition coefficient (Wildman–Crippen LogP) is 3.53. The van der Waals surface area contributed by atoms with Crippen LogP contribution in [-0.4, -0.2) is 6.61 Å². The highest BCUT2D eigenvalue weighted by molar-refractivity contribution is 5.13. The topological polar surface area (TPSA) is 33.0 Å². The molecule has 0 aliphatic carbocycles. The summed E-state index contributed by atoms with van der Waals surface area (Å²) in [6.45, 7) is 5.57. The van der Waals surface area contributed by atoms with Crippen LogP contribution >= 0.6 is 0 Å². The molecule has 0 saturated heterocycles. The van der Waals surface area contributed by atoms with Crippen LogP contribution in [0.5, 0.6) is 0 Å². The second-order valence-corrected chi connectivity index (χ2v) is 4.79. The highest BCUT2D eigenvalue weighted by Gasteiger charge is 2.16. The molecule has 1 aromatic carbocycles. The number of nitrogens with zero attached hydrogens (tertiary/aromatic N) is 1. The van der Waals surface area contributed by atoms with Crippen LogP contribution in [0, 0.1) is 16.7 Å². The van der Waals surface area contributed by atoms with Gasteiger partial charge < -0.3 is 4.74 Å². The van der Waals surface area contributed by atoms with Crippen LogP contribution in [0.25, 0.3) is 0 Å². The number of hydrogen-bond acceptors (Lipinski definition) is 2. The van der Waals surface area contributed by atoms with E-state index in [1.54, 1.807) is 0 Å². The number of rotatable bonds is 6. The quantitative estimate of drug-likeness (QED) is 0.683. The minimum atomic E-state index is 0.0610. The molecule has 0 bridgehead atoms. The lowest BCUT2D eigenvalue weighted by atomic mass is 9.87. The van der Waals surface area contributed by atoms with Gasteiger partial charge >= 0.3 is 0 Å². The normalized spacial score (nSPS) is 11.1. The molecule has 0 aliphatic heterocycles. The van der Waals surface area contributed by atoms with Crippen molar-refractivity contribution in [2.75, 3.05) is 6.61 Å². The van der Waals surface area contributed by atoms with Gasteiger partial charge in [0, 0.05) is 13.0 Å². The SMILES string of the molecule is CC(C)(CC#N)CCOCc1ccccc1. The second-order valence-electron chi connectivity index (χ2n) is 4.79. The van der Waals surface area contributed by atoms with Crippen molar-refractivity contribution in [2.45, 2.75) is 33.3 Å². The molecule has 0 fully saturated rings. The molecule has 0 spiro atoms. The summed E-state index contributed by atoms with van der Waals surface area (Å²) in [4.78, 5) is 0. The highest BCUT2D eigenvalue weighted by Crippen LogP contribution is 2.24. The van der Waals surface area contributed by atoms with Gasteiger partial charge in [-0.15, -0.1) is 0 Å². The summed E-state index contributed by atoms with van der Waals surface area (Å²) in [5, 5.41) is 8.65. The molecule has 0 saturated carbocycles. The number of hydrogen-bond donors (Lipinski definition) is 0. The Hall–Kier alpha value is -1.33. The van der Waals surface area contributed by atoms with Crippen LogP contribution in [0.4, 0.5) is 0 Å². The van der Waals surface area contributed by atoms with Gasteiger partial charge in [-0.1, -0.05) is 44.2 Å². The molecule has 1 aromatic rings. The molecule has 16 heavy (non-hydrogen) atoms. The van der Waals surface area contributed by atoms with Crippen LogP contribution in [0.3, 0.4) is 0 Å². The smallest absolute Gasteiger partial charge is 0.0716 e. The zero-order chi connectivity index (χ0) is 11.9. The molecule has 0 radical (unpaired) electrons. The zero-order valence-electron chi connectivity index (χ0n) is 10.1. The first-order chi connectivity index (χ1) is 7.64. The van der Waals surface area contributed by atoms with Crippen molar-refractivity contribution in [1.29, 1.82) is 5.26 Å². The minimum absolute atomic E-state index is 0.0610. The Morgan fingerprint density at radius 1 is 1.25 bits per heavy atom. The van der Waals surface area contributed by atoms with E-state index in [1.807, 2.05) is 18.2 Å². The van der Waals surface area contributed by atoms with Gasteiger partial charge in [-0.25, -0.2) is 0 Å². The van der Waals surface area contributed by atoms with Gasteiger partial charge in [-0.3, -0.25) is 0 Å². The van der Waals surface area contributed by atoms with Crippen LogP contribution in [-0.2, 0) is 11.3 Å². The maximum Gasteiger partial charge on any atom is 0.0716 e. The zero-order valence-corrected chi connectivity index (χ0v) is 10.1. The van der Waals surface area contributed by atoms with Crippen molar-refractivity contribution < 1.29 is 4.74 Å². The van der Waals surface area contributed by atoms with E-state index in [-0.39, 0.29) is 5.41 Å². The average molecular weight is 217 g/mol. The maximum atomic E-state index is 8.65. The molecular weight excluding hydrogens is 198 g/mol. The largest absolute Gasteiger partial charge is 0.377 e. The lowest BCUT2D eigenvalue weighted by Gasteiger charge is -2.20. The van der Waals surface area contributed by atoms with Gasteiger partial charge in [0.2, 0.25) is 0 Å². The van der Waals surface area contributed by atoms with Gasteiger partial charge in [-0.2, -0.15) is 5.26 Å². The van der Waals surface area contributed by atoms with E-state index in [4.69, 9.17) is 10.00 Å². The van der Waals surface area contributed by atoms with E-state index in [9.17, 15) is 0 Å². The predicted molar refractivity (Wildman–Crippen MR) is 64.7 cm³/mol. The van der Waals surface area contributed by atoms with Gasteiger partial charge in [0.25, 0.3) is 0 Å². The van der Waals surface area contributed by atoms with Crippen molar-refractivity contribution in [1.82, 2.24) is 0 Å². The Balaban J connectivity index is 2.20. The number of benzene rings is 1. The Morgan fingerprint density at radius 3 is 2.56 bits per heavy atom. The van der Waals surface area contributed by atoms with Crippen LogP contribution in [0.1, 0.15) is 32.3 Å². The fraction of sp³-hybridized carbons (Fsp3) is 0.500. The maximum absolute atomic E-state index is 8.65. The molecule has 0 amide bonds. The first-order valence-electron chi connectivity index (χ1n) is 5.63. The molecular formula is C14H19NO. The highest BCUT2D eigenvalue weighted by atomic mass is 16.5.